The molecule has 15 heavy (non-hydrogen) atoms. The van der Waals surface area contributed by atoms with Gasteiger partial charge in [0.15, 0.2) is 11.4 Å². The molecule has 1 rings (SSSR count). The number of nitrogens with one attached hydrogen (secondary N) is 1. The summed E-state index contributed by atoms with van der Waals surface area (Å²) >= 11 is 0. The van der Waals surface area contributed by atoms with Gasteiger partial charge in [-0.3, -0.25) is 10.0 Å². The number of aliphatic hydroxyl groups excluding tert-OH is 1. The SMILES string of the molecule is CCc1cnc(C(=O)NO)c(O)c1CO. The Hall–Kier alpha value is -1.66. The molecular weight excluding hydrogens is 200 g/mol. The van der Waals surface area contributed by atoms with Crippen molar-refractivity contribution in [2.45, 2.75) is 20.0 Å². The van der Waals surface area contributed by atoms with Crippen LogP contribution >= 0.6 is 0 Å². The second-order valence-corrected chi connectivity index (χ2v) is 2.91. The Morgan fingerprint density at radius 1 is 1.60 bits per heavy atom. The van der Waals surface area contributed by atoms with Gasteiger partial charge in [-0.05, 0) is 12.0 Å². The fourth-order valence-corrected chi connectivity index (χ4v) is 1.28. The summed E-state index contributed by atoms with van der Waals surface area (Å²) in [5.74, 6) is -1.31. The van der Waals surface area contributed by atoms with Crippen LogP contribution < -0.4 is 5.48 Å². The van der Waals surface area contributed by atoms with Crippen molar-refractivity contribution in [3.05, 3.63) is 23.0 Å². The normalized spacial score (nSPS) is 10.1. The largest absolute Gasteiger partial charge is 0.505 e. The maximum Gasteiger partial charge on any atom is 0.297 e. The number of pyridine rings is 1. The molecule has 0 aliphatic rings. The predicted molar refractivity (Wildman–Crippen MR) is 50.5 cm³/mol. The lowest BCUT2D eigenvalue weighted by atomic mass is 10.1. The number of carbonyl (C=O) groups excluding carboxylic acids is 1. The molecule has 0 spiro atoms. The molecule has 0 unspecified atom stereocenters. The minimum absolute atomic E-state index is 0.256. The average molecular weight is 212 g/mol. The number of aromatic nitrogens is 1. The molecule has 0 aliphatic heterocycles. The van der Waals surface area contributed by atoms with E-state index in [0.717, 1.165) is 0 Å². The molecule has 1 aromatic rings. The molecule has 0 atom stereocenters. The van der Waals surface area contributed by atoms with Crippen LogP contribution in [0.1, 0.15) is 28.5 Å². The molecule has 0 saturated carbocycles. The van der Waals surface area contributed by atoms with Gasteiger partial charge in [0, 0.05) is 11.8 Å². The molecule has 1 aromatic heterocycles. The van der Waals surface area contributed by atoms with E-state index in [-0.39, 0.29) is 17.9 Å². The van der Waals surface area contributed by atoms with Gasteiger partial charge in [0.1, 0.15) is 0 Å². The van der Waals surface area contributed by atoms with Gasteiger partial charge in [0.05, 0.1) is 6.61 Å². The number of aryl methyl sites for hydroxylation is 1. The lowest BCUT2D eigenvalue weighted by Crippen LogP contribution is -2.20. The van der Waals surface area contributed by atoms with Crippen LogP contribution in [-0.4, -0.2) is 26.3 Å². The number of nitrogens with zero attached hydrogens (tertiary/aromatic N) is 1. The first-order valence-corrected chi connectivity index (χ1v) is 4.40. The average Bonchev–Trinajstić information content (AvgIpc) is 2.27. The molecule has 0 aliphatic carbocycles. The Kier molecular flexibility index (Phi) is 3.59. The van der Waals surface area contributed by atoms with Crippen molar-refractivity contribution in [1.82, 2.24) is 10.5 Å². The van der Waals surface area contributed by atoms with Crippen LogP contribution in [0.15, 0.2) is 6.20 Å². The molecule has 0 radical (unpaired) electrons. The third kappa shape index (κ3) is 2.05. The molecule has 6 nitrogen and oxygen atoms in total. The maximum atomic E-state index is 11.0. The minimum Gasteiger partial charge on any atom is -0.505 e. The number of amides is 1. The Morgan fingerprint density at radius 3 is 2.73 bits per heavy atom. The molecule has 0 bridgehead atoms. The molecule has 4 N–H and O–H groups in total. The zero-order valence-corrected chi connectivity index (χ0v) is 8.19. The Labute approximate surface area is 86.2 Å². The Bertz CT molecular complexity index is 379. The van der Waals surface area contributed by atoms with Crippen molar-refractivity contribution in [2.24, 2.45) is 0 Å². The monoisotopic (exact) mass is 212 g/mol. The molecule has 0 fully saturated rings. The van der Waals surface area contributed by atoms with Gasteiger partial charge >= 0.3 is 0 Å². The first-order chi connectivity index (χ1) is 7.15. The zero-order valence-electron chi connectivity index (χ0n) is 8.19. The third-order valence-electron chi connectivity index (χ3n) is 2.10. The second kappa shape index (κ2) is 4.72. The molecular formula is C9H12N2O4. The van der Waals surface area contributed by atoms with E-state index < -0.39 is 11.7 Å². The molecule has 82 valence electrons. The smallest absolute Gasteiger partial charge is 0.297 e. The van der Waals surface area contributed by atoms with Crippen LogP contribution in [0.3, 0.4) is 0 Å². The van der Waals surface area contributed by atoms with Crippen LogP contribution in [0.2, 0.25) is 0 Å². The van der Waals surface area contributed by atoms with Crippen LogP contribution in [0, 0.1) is 0 Å². The first-order valence-electron chi connectivity index (χ1n) is 4.40. The van der Waals surface area contributed by atoms with Gasteiger partial charge in [-0.1, -0.05) is 6.92 Å². The summed E-state index contributed by atoms with van der Waals surface area (Å²) in [5, 5.41) is 27.0. The molecule has 1 heterocycles. The maximum absolute atomic E-state index is 11.0. The fraction of sp³-hybridized carbons (Fsp3) is 0.333. The predicted octanol–water partition coefficient (Wildman–Crippen LogP) is -0.0391. The van der Waals surface area contributed by atoms with Crippen molar-refractivity contribution >= 4 is 5.91 Å². The highest BCUT2D eigenvalue weighted by Crippen LogP contribution is 2.24. The van der Waals surface area contributed by atoms with Gasteiger partial charge in [0.25, 0.3) is 5.91 Å². The zero-order chi connectivity index (χ0) is 11.4. The van der Waals surface area contributed by atoms with Crippen LogP contribution in [0.5, 0.6) is 5.75 Å². The van der Waals surface area contributed by atoms with Crippen LogP contribution in [0.25, 0.3) is 0 Å². The molecule has 0 aromatic carbocycles. The third-order valence-corrected chi connectivity index (χ3v) is 2.10. The second-order valence-electron chi connectivity index (χ2n) is 2.91. The highest BCUT2D eigenvalue weighted by atomic mass is 16.5. The molecule has 6 heteroatoms. The van der Waals surface area contributed by atoms with E-state index in [0.29, 0.717) is 12.0 Å². The summed E-state index contributed by atoms with van der Waals surface area (Å²) in [6.07, 6.45) is 1.97. The number of aliphatic hydroxyl groups is 1. The summed E-state index contributed by atoms with van der Waals surface area (Å²) < 4.78 is 0. The van der Waals surface area contributed by atoms with Gasteiger partial charge in [0.2, 0.25) is 0 Å². The Morgan fingerprint density at radius 2 is 2.27 bits per heavy atom. The van der Waals surface area contributed by atoms with Gasteiger partial charge in [-0.25, -0.2) is 10.5 Å². The van der Waals surface area contributed by atoms with Crippen molar-refractivity contribution in [3.63, 3.8) is 0 Å². The topological polar surface area (TPSA) is 103 Å². The standard InChI is InChI=1S/C9H12N2O4/c1-2-5-3-10-7(9(14)11-15)8(13)6(5)4-12/h3,12-13,15H,2,4H2,1H3,(H,11,14). The highest BCUT2D eigenvalue weighted by molar-refractivity contribution is 5.94. The number of hydrogen-bond acceptors (Lipinski definition) is 5. The summed E-state index contributed by atoms with van der Waals surface area (Å²) in [6.45, 7) is 1.45. The van der Waals surface area contributed by atoms with Crippen molar-refractivity contribution in [3.8, 4) is 5.75 Å². The van der Waals surface area contributed by atoms with E-state index in [2.05, 4.69) is 4.98 Å². The number of hydroxylamine groups is 1. The lowest BCUT2D eigenvalue weighted by Gasteiger charge is -2.09. The highest BCUT2D eigenvalue weighted by Gasteiger charge is 2.17. The summed E-state index contributed by atoms with van der Waals surface area (Å²) in [4.78, 5) is 14.7. The van der Waals surface area contributed by atoms with E-state index >= 15 is 0 Å². The van der Waals surface area contributed by atoms with Crippen LogP contribution in [-0.2, 0) is 13.0 Å². The number of hydrogen-bond donors (Lipinski definition) is 4. The summed E-state index contributed by atoms with van der Waals surface area (Å²) in [5.41, 5.74) is 1.97. The van der Waals surface area contributed by atoms with Gasteiger partial charge < -0.3 is 10.2 Å². The van der Waals surface area contributed by atoms with E-state index in [9.17, 15) is 9.90 Å². The number of aromatic hydroxyl groups is 1. The Balaban J connectivity index is 3.29. The first kappa shape index (κ1) is 11.4. The van der Waals surface area contributed by atoms with Gasteiger partial charge in [-0.2, -0.15) is 0 Å². The number of carbonyl (C=O) groups is 1. The minimum atomic E-state index is -0.912. The van der Waals surface area contributed by atoms with E-state index in [1.165, 1.54) is 11.7 Å². The van der Waals surface area contributed by atoms with Crippen molar-refractivity contribution in [2.75, 3.05) is 0 Å². The summed E-state index contributed by atoms with van der Waals surface area (Å²) in [7, 11) is 0. The lowest BCUT2D eigenvalue weighted by molar-refractivity contribution is 0.0697. The fourth-order valence-electron chi connectivity index (χ4n) is 1.28. The van der Waals surface area contributed by atoms with Gasteiger partial charge in [-0.15, -0.1) is 0 Å². The molecule has 1 amide bonds. The number of rotatable bonds is 3. The summed E-state index contributed by atoms with van der Waals surface area (Å²) in [6, 6.07) is 0. The molecule has 0 saturated heterocycles. The van der Waals surface area contributed by atoms with E-state index in [1.807, 2.05) is 6.92 Å². The van der Waals surface area contributed by atoms with Crippen molar-refractivity contribution in [1.29, 1.82) is 0 Å². The quantitative estimate of drug-likeness (QED) is 0.416. The van der Waals surface area contributed by atoms with E-state index in [4.69, 9.17) is 10.3 Å². The van der Waals surface area contributed by atoms with Crippen LogP contribution in [0.4, 0.5) is 0 Å². The van der Waals surface area contributed by atoms with Crippen molar-refractivity contribution < 1.29 is 20.2 Å². The van der Waals surface area contributed by atoms with E-state index in [1.54, 1.807) is 0 Å².